The minimum Gasteiger partial charge on any atom is -0.375 e. The number of nitrogens with zero attached hydrogens (tertiary/aromatic N) is 3. The van der Waals surface area contributed by atoms with Crippen LogP contribution in [0.15, 0.2) is 40.5 Å². The first kappa shape index (κ1) is 13.5. The van der Waals surface area contributed by atoms with Gasteiger partial charge in [0.2, 0.25) is 5.43 Å². The summed E-state index contributed by atoms with van der Waals surface area (Å²) in [5.74, 6) is 0. The van der Waals surface area contributed by atoms with Gasteiger partial charge in [-0.25, -0.2) is 9.67 Å². The Labute approximate surface area is 125 Å². The van der Waals surface area contributed by atoms with E-state index in [1.54, 1.807) is 16.1 Å². The summed E-state index contributed by atoms with van der Waals surface area (Å²) >= 11 is 1.29. The number of nitrogen functional groups attached to an aromatic ring is 1. The van der Waals surface area contributed by atoms with Gasteiger partial charge >= 0.3 is 0 Å². The average Bonchev–Trinajstić information content (AvgIpc) is 2.87. The van der Waals surface area contributed by atoms with Crippen LogP contribution < -0.4 is 11.2 Å². The van der Waals surface area contributed by atoms with Crippen LogP contribution in [0.3, 0.4) is 0 Å². The molecule has 0 saturated heterocycles. The second-order valence-corrected chi connectivity index (χ2v) is 5.71. The second-order valence-electron chi connectivity index (χ2n) is 4.82. The molecule has 106 valence electrons. The van der Waals surface area contributed by atoms with Gasteiger partial charge < -0.3 is 5.73 Å². The Morgan fingerprint density at radius 2 is 1.90 bits per heavy atom. The number of hydrogen-bond donors (Lipinski definition) is 1. The molecule has 6 heteroatoms. The van der Waals surface area contributed by atoms with Gasteiger partial charge in [-0.05, 0) is 26.0 Å². The molecule has 0 radical (unpaired) electrons. The molecule has 3 rings (SSSR count). The zero-order valence-electron chi connectivity index (χ0n) is 11.7. The Morgan fingerprint density at radius 1 is 1.19 bits per heavy atom. The van der Waals surface area contributed by atoms with E-state index < -0.39 is 0 Å². The number of anilines is 1. The molecule has 0 aliphatic rings. The first-order valence-electron chi connectivity index (χ1n) is 6.44. The van der Waals surface area contributed by atoms with Crippen molar-refractivity contribution in [2.24, 2.45) is 0 Å². The highest BCUT2D eigenvalue weighted by Crippen LogP contribution is 2.20. The van der Waals surface area contributed by atoms with Gasteiger partial charge in [0.15, 0.2) is 10.8 Å². The molecule has 5 nitrogen and oxygen atoms in total. The van der Waals surface area contributed by atoms with Crippen molar-refractivity contribution in [2.75, 3.05) is 5.73 Å². The fourth-order valence-electron chi connectivity index (χ4n) is 2.07. The predicted molar refractivity (Wildman–Crippen MR) is 84.8 cm³/mol. The zero-order chi connectivity index (χ0) is 15.0. The van der Waals surface area contributed by atoms with E-state index in [4.69, 9.17) is 5.73 Å². The zero-order valence-corrected chi connectivity index (χ0v) is 12.5. The van der Waals surface area contributed by atoms with Gasteiger partial charge in [-0.3, -0.25) is 4.79 Å². The molecule has 0 saturated carbocycles. The van der Waals surface area contributed by atoms with E-state index in [0.717, 1.165) is 11.4 Å². The molecule has 1 aromatic carbocycles. The van der Waals surface area contributed by atoms with Crippen LogP contribution in [0, 0.1) is 13.8 Å². The topological polar surface area (TPSA) is 73.8 Å². The highest BCUT2D eigenvalue weighted by Gasteiger charge is 2.12. The van der Waals surface area contributed by atoms with Crippen LogP contribution in [0.1, 0.15) is 11.3 Å². The maximum Gasteiger partial charge on any atom is 0.210 e. The molecule has 0 spiro atoms. The summed E-state index contributed by atoms with van der Waals surface area (Å²) in [5, 5.41) is 6.62. The van der Waals surface area contributed by atoms with E-state index in [2.05, 4.69) is 10.1 Å². The molecule has 2 heterocycles. The van der Waals surface area contributed by atoms with Crippen molar-refractivity contribution in [3.05, 3.63) is 57.2 Å². The van der Waals surface area contributed by atoms with E-state index in [-0.39, 0.29) is 5.43 Å². The Balaban J connectivity index is 2.18. The van der Waals surface area contributed by atoms with Crippen LogP contribution in [0.25, 0.3) is 17.1 Å². The highest BCUT2D eigenvalue weighted by atomic mass is 32.1. The maximum atomic E-state index is 12.1. The molecule has 0 aliphatic heterocycles. The molecule has 0 unspecified atom stereocenters. The minimum atomic E-state index is -0.152. The van der Waals surface area contributed by atoms with Crippen LogP contribution >= 0.6 is 11.3 Å². The number of rotatable bonds is 2. The van der Waals surface area contributed by atoms with E-state index in [9.17, 15) is 4.79 Å². The Kier molecular flexibility index (Phi) is 3.31. The molecule has 2 aromatic heterocycles. The second kappa shape index (κ2) is 5.14. The normalized spacial score (nSPS) is 10.8. The molecule has 0 amide bonds. The van der Waals surface area contributed by atoms with E-state index >= 15 is 0 Å². The summed E-state index contributed by atoms with van der Waals surface area (Å²) in [6.45, 7) is 3.88. The lowest BCUT2D eigenvalue weighted by molar-refractivity contribution is 0.803. The maximum absolute atomic E-state index is 12.1. The predicted octanol–water partition coefficient (Wildman–Crippen LogP) is 2.56. The number of aryl methyl sites for hydroxylation is 2. The number of nitrogens with two attached hydrogens (primary N) is 1. The van der Waals surface area contributed by atoms with Crippen molar-refractivity contribution in [3.8, 4) is 17.1 Å². The Hall–Kier alpha value is -2.47. The SMILES string of the molecule is Cc1ccc(-n2nc(-c3csc(N)n3)c(=O)cc2C)cc1. The van der Waals surface area contributed by atoms with Crippen LogP contribution in [0.4, 0.5) is 5.13 Å². The van der Waals surface area contributed by atoms with Crippen molar-refractivity contribution >= 4 is 16.5 Å². The fraction of sp³-hybridized carbons (Fsp3) is 0.133. The molecule has 0 fully saturated rings. The average molecular weight is 298 g/mol. The van der Waals surface area contributed by atoms with Crippen LogP contribution in [0.2, 0.25) is 0 Å². The third kappa shape index (κ3) is 2.57. The molecular formula is C15H14N4OS. The summed E-state index contributed by atoms with van der Waals surface area (Å²) in [5.41, 5.74) is 9.16. The quantitative estimate of drug-likeness (QED) is 0.789. The first-order valence-corrected chi connectivity index (χ1v) is 7.32. The lowest BCUT2D eigenvalue weighted by atomic mass is 10.2. The number of benzene rings is 1. The van der Waals surface area contributed by atoms with Gasteiger partial charge in [0, 0.05) is 17.1 Å². The fourth-order valence-corrected chi connectivity index (χ4v) is 2.62. The molecule has 21 heavy (non-hydrogen) atoms. The van der Waals surface area contributed by atoms with Crippen molar-refractivity contribution < 1.29 is 0 Å². The summed E-state index contributed by atoms with van der Waals surface area (Å²) in [6, 6.07) is 9.53. The molecule has 2 N–H and O–H groups in total. The standard InChI is InChI=1S/C15H14N4OS/c1-9-3-5-11(6-4-9)19-10(2)7-13(20)14(18-19)12-8-21-15(16)17-12/h3-8H,1-2H3,(H2,16,17). The Bertz CT molecular complexity index is 849. The van der Waals surface area contributed by atoms with E-state index in [1.807, 2.05) is 38.1 Å². The smallest absolute Gasteiger partial charge is 0.210 e. The highest BCUT2D eigenvalue weighted by molar-refractivity contribution is 7.13. The van der Waals surface area contributed by atoms with Gasteiger partial charge in [0.25, 0.3) is 0 Å². The van der Waals surface area contributed by atoms with Gasteiger partial charge in [-0.1, -0.05) is 17.7 Å². The van der Waals surface area contributed by atoms with Gasteiger partial charge in [-0.2, -0.15) is 5.10 Å². The monoisotopic (exact) mass is 298 g/mol. The lowest BCUT2D eigenvalue weighted by Crippen LogP contribution is -2.16. The number of thiazole rings is 1. The van der Waals surface area contributed by atoms with Crippen molar-refractivity contribution in [1.29, 1.82) is 0 Å². The third-order valence-corrected chi connectivity index (χ3v) is 3.82. The van der Waals surface area contributed by atoms with Crippen LogP contribution in [0.5, 0.6) is 0 Å². The summed E-state index contributed by atoms with van der Waals surface area (Å²) in [7, 11) is 0. The summed E-state index contributed by atoms with van der Waals surface area (Å²) < 4.78 is 1.74. The van der Waals surface area contributed by atoms with Crippen molar-refractivity contribution in [2.45, 2.75) is 13.8 Å². The van der Waals surface area contributed by atoms with Crippen LogP contribution in [-0.4, -0.2) is 14.8 Å². The lowest BCUT2D eigenvalue weighted by Gasteiger charge is -2.10. The third-order valence-electron chi connectivity index (χ3n) is 3.15. The van der Waals surface area contributed by atoms with Crippen molar-refractivity contribution in [3.63, 3.8) is 0 Å². The number of aromatic nitrogens is 3. The Morgan fingerprint density at radius 3 is 2.52 bits per heavy atom. The molecule has 3 aromatic rings. The summed E-state index contributed by atoms with van der Waals surface area (Å²) in [6.07, 6.45) is 0. The van der Waals surface area contributed by atoms with E-state index in [0.29, 0.717) is 16.5 Å². The van der Waals surface area contributed by atoms with Crippen LogP contribution in [-0.2, 0) is 0 Å². The first-order chi connectivity index (χ1) is 10.0. The summed E-state index contributed by atoms with van der Waals surface area (Å²) in [4.78, 5) is 16.3. The van der Waals surface area contributed by atoms with Gasteiger partial charge in [0.1, 0.15) is 5.69 Å². The van der Waals surface area contributed by atoms with Crippen molar-refractivity contribution in [1.82, 2.24) is 14.8 Å². The largest absolute Gasteiger partial charge is 0.375 e. The molecule has 0 bridgehead atoms. The minimum absolute atomic E-state index is 0.152. The van der Waals surface area contributed by atoms with E-state index in [1.165, 1.54) is 16.9 Å². The molecular weight excluding hydrogens is 284 g/mol. The molecule has 0 aliphatic carbocycles. The number of hydrogen-bond acceptors (Lipinski definition) is 5. The molecule has 0 atom stereocenters. The van der Waals surface area contributed by atoms with Gasteiger partial charge in [0.05, 0.1) is 5.69 Å². The van der Waals surface area contributed by atoms with Gasteiger partial charge in [-0.15, -0.1) is 11.3 Å².